The van der Waals surface area contributed by atoms with Crippen molar-refractivity contribution in [2.75, 3.05) is 12.3 Å². The number of hydrogen-bond donors (Lipinski definition) is 1. The lowest BCUT2D eigenvalue weighted by molar-refractivity contribution is -0.142. The van der Waals surface area contributed by atoms with E-state index in [1.54, 1.807) is 36.4 Å². The summed E-state index contributed by atoms with van der Waals surface area (Å²) < 4.78 is 47.5. The number of alkyl halides is 2. The first-order valence-corrected chi connectivity index (χ1v) is 11.0. The van der Waals surface area contributed by atoms with E-state index in [1.165, 1.54) is 24.3 Å². The molecule has 0 spiro atoms. The third-order valence-electron chi connectivity index (χ3n) is 5.17. The number of hydrogen-bond acceptors (Lipinski definition) is 8. The molecule has 2 aromatic carbocycles. The molecule has 3 aromatic rings. The zero-order valence-corrected chi connectivity index (χ0v) is 19.4. The van der Waals surface area contributed by atoms with E-state index in [-0.39, 0.29) is 21.4 Å². The number of nitrogens with zero attached hydrogens (tertiary/aromatic N) is 2. The number of halogens is 3. The number of esters is 2. The molecule has 1 saturated heterocycles. The van der Waals surface area contributed by atoms with E-state index in [0.717, 1.165) is 6.20 Å². The van der Waals surface area contributed by atoms with Crippen LogP contribution < -0.4 is 11.4 Å². The number of rotatable bonds is 6. The van der Waals surface area contributed by atoms with Crippen LogP contribution in [-0.4, -0.2) is 46.2 Å². The van der Waals surface area contributed by atoms with Crippen molar-refractivity contribution >= 4 is 33.7 Å². The second kappa shape index (κ2) is 9.92. The lowest BCUT2D eigenvalue weighted by atomic mass is 10.1. The SMILES string of the molecule is Nc1nc(=O)n([C@@H]2O[C@@H](COC(=O)c3ccccc3)[C@H](OC(=O)c3ccccc3)C2(F)F)cc1Br. The van der Waals surface area contributed by atoms with E-state index in [4.69, 9.17) is 19.9 Å². The lowest BCUT2D eigenvalue weighted by Crippen LogP contribution is -2.45. The Kier molecular flexibility index (Phi) is 6.94. The molecule has 0 unspecified atom stereocenters. The average Bonchev–Trinajstić information content (AvgIpc) is 3.10. The van der Waals surface area contributed by atoms with Crippen molar-refractivity contribution in [3.05, 3.63) is 92.9 Å². The van der Waals surface area contributed by atoms with Crippen LogP contribution in [0.15, 0.2) is 76.1 Å². The van der Waals surface area contributed by atoms with Crippen LogP contribution in [0.3, 0.4) is 0 Å². The summed E-state index contributed by atoms with van der Waals surface area (Å²) >= 11 is 3.04. The molecule has 2 heterocycles. The van der Waals surface area contributed by atoms with Crippen LogP contribution >= 0.6 is 15.9 Å². The summed E-state index contributed by atoms with van der Waals surface area (Å²) in [4.78, 5) is 40.7. The first kappa shape index (κ1) is 24.5. The predicted molar refractivity (Wildman–Crippen MR) is 122 cm³/mol. The summed E-state index contributed by atoms with van der Waals surface area (Å²) in [6.07, 6.45) is -5.00. The Balaban J connectivity index is 1.63. The van der Waals surface area contributed by atoms with E-state index in [9.17, 15) is 14.4 Å². The van der Waals surface area contributed by atoms with Gasteiger partial charge in [0.2, 0.25) is 6.23 Å². The first-order valence-electron chi connectivity index (χ1n) is 10.2. The molecule has 1 aliphatic rings. The van der Waals surface area contributed by atoms with E-state index in [1.807, 2.05) is 0 Å². The van der Waals surface area contributed by atoms with Crippen LogP contribution in [0.25, 0.3) is 0 Å². The predicted octanol–water partition coefficient (Wildman–Crippen LogP) is 3.20. The van der Waals surface area contributed by atoms with Crippen molar-refractivity contribution in [2.24, 2.45) is 0 Å². The van der Waals surface area contributed by atoms with E-state index in [0.29, 0.717) is 4.57 Å². The molecule has 0 radical (unpaired) electrons. The largest absolute Gasteiger partial charge is 0.459 e. The van der Waals surface area contributed by atoms with Gasteiger partial charge in [-0.15, -0.1) is 0 Å². The zero-order chi connectivity index (χ0) is 25.2. The van der Waals surface area contributed by atoms with E-state index < -0.39 is 48.6 Å². The monoisotopic (exact) mass is 549 g/mol. The van der Waals surface area contributed by atoms with Gasteiger partial charge in [-0.05, 0) is 40.2 Å². The summed E-state index contributed by atoms with van der Waals surface area (Å²) in [5, 5.41) is 0. The van der Waals surface area contributed by atoms with Crippen molar-refractivity contribution in [2.45, 2.75) is 24.4 Å². The Labute approximate surface area is 205 Å². The van der Waals surface area contributed by atoms with Crippen molar-refractivity contribution in [3.8, 4) is 0 Å². The molecule has 2 N–H and O–H groups in total. The number of nitrogens with two attached hydrogens (primary N) is 1. The maximum absolute atomic E-state index is 15.6. The highest BCUT2D eigenvalue weighted by Gasteiger charge is 2.63. The second-order valence-corrected chi connectivity index (χ2v) is 8.38. The van der Waals surface area contributed by atoms with Gasteiger partial charge in [0.15, 0.2) is 6.10 Å². The number of carbonyl (C=O) groups excluding carboxylic acids is 2. The molecule has 0 saturated carbocycles. The minimum Gasteiger partial charge on any atom is -0.459 e. The van der Waals surface area contributed by atoms with Gasteiger partial charge in [0.05, 0.1) is 15.6 Å². The Morgan fingerprint density at radius 3 is 2.23 bits per heavy atom. The standard InChI is InChI=1S/C23H18BrF2N3O6/c24-15-11-29(22(32)28-18(15)27)21-23(25,26)17(35-20(31)14-9-5-2-6-10-14)16(34-21)12-33-19(30)13-7-3-1-4-8-13/h1-11,16-17,21H,12H2,(H2,27,28,32)/t16-,17-,21+/m0/s1. The van der Waals surface area contributed by atoms with Crippen LogP contribution in [0.2, 0.25) is 0 Å². The molecule has 4 rings (SSSR count). The molecule has 1 aromatic heterocycles. The Bertz CT molecular complexity index is 1290. The number of anilines is 1. The van der Waals surface area contributed by atoms with Crippen LogP contribution in [0.1, 0.15) is 26.9 Å². The fourth-order valence-corrected chi connectivity index (χ4v) is 3.76. The number of nitrogen functional groups attached to an aromatic ring is 1. The maximum atomic E-state index is 15.6. The van der Waals surface area contributed by atoms with Gasteiger partial charge in [0.25, 0.3) is 0 Å². The highest BCUT2D eigenvalue weighted by Crippen LogP contribution is 2.44. The fourth-order valence-electron chi connectivity index (χ4n) is 3.45. The molecular weight excluding hydrogens is 532 g/mol. The molecule has 0 aliphatic carbocycles. The smallest absolute Gasteiger partial charge is 0.351 e. The van der Waals surface area contributed by atoms with Gasteiger partial charge >= 0.3 is 23.6 Å². The van der Waals surface area contributed by atoms with Crippen molar-refractivity contribution in [1.29, 1.82) is 0 Å². The Morgan fingerprint density at radius 2 is 1.63 bits per heavy atom. The average molecular weight is 550 g/mol. The van der Waals surface area contributed by atoms with Gasteiger partial charge in [-0.25, -0.2) is 14.4 Å². The maximum Gasteiger partial charge on any atom is 0.351 e. The Hall–Kier alpha value is -3.64. The quantitative estimate of drug-likeness (QED) is 0.465. The molecule has 12 heteroatoms. The second-order valence-electron chi connectivity index (χ2n) is 7.52. The number of ether oxygens (including phenoxy) is 3. The first-order chi connectivity index (χ1) is 16.7. The number of benzene rings is 2. The number of carbonyl (C=O) groups is 2. The molecule has 182 valence electrons. The van der Waals surface area contributed by atoms with Gasteiger partial charge in [-0.2, -0.15) is 13.8 Å². The lowest BCUT2D eigenvalue weighted by Gasteiger charge is -2.24. The van der Waals surface area contributed by atoms with Crippen LogP contribution in [0.5, 0.6) is 0 Å². The molecule has 1 fully saturated rings. The van der Waals surface area contributed by atoms with E-state index in [2.05, 4.69) is 20.9 Å². The van der Waals surface area contributed by atoms with Gasteiger partial charge in [0, 0.05) is 6.20 Å². The van der Waals surface area contributed by atoms with Crippen LogP contribution in [0, 0.1) is 0 Å². The Morgan fingerprint density at radius 1 is 1.06 bits per heavy atom. The van der Waals surface area contributed by atoms with Gasteiger partial charge < -0.3 is 19.9 Å². The highest BCUT2D eigenvalue weighted by atomic mass is 79.9. The van der Waals surface area contributed by atoms with Crippen LogP contribution in [-0.2, 0) is 14.2 Å². The zero-order valence-electron chi connectivity index (χ0n) is 17.8. The molecule has 35 heavy (non-hydrogen) atoms. The van der Waals surface area contributed by atoms with E-state index >= 15 is 8.78 Å². The van der Waals surface area contributed by atoms with Gasteiger partial charge in [-0.3, -0.25) is 4.57 Å². The van der Waals surface area contributed by atoms with Crippen molar-refractivity contribution < 1.29 is 32.6 Å². The minimum atomic E-state index is -3.91. The minimum absolute atomic E-state index is 0.0286. The topological polar surface area (TPSA) is 123 Å². The van der Waals surface area contributed by atoms with Gasteiger partial charge in [0.1, 0.15) is 18.5 Å². The third-order valence-corrected chi connectivity index (χ3v) is 5.78. The third kappa shape index (κ3) is 5.08. The molecule has 9 nitrogen and oxygen atoms in total. The van der Waals surface area contributed by atoms with Crippen molar-refractivity contribution in [3.63, 3.8) is 0 Å². The van der Waals surface area contributed by atoms with Crippen LogP contribution in [0.4, 0.5) is 14.6 Å². The summed E-state index contributed by atoms with van der Waals surface area (Å²) in [7, 11) is 0. The molecule has 0 bridgehead atoms. The summed E-state index contributed by atoms with van der Waals surface area (Å²) in [6.45, 7) is -0.676. The van der Waals surface area contributed by atoms with Gasteiger partial charge in [-0.1, -0.05) is 36.4 Å². The molecule has 3 atom stereocenters. The number of aromatic nitrogens is 2. The summed E-state index contributed by atoms with van der Waals surface area (Å²) in [6, 6.07) is 15.4. The molecular formula is C23H18BrF2N3O6. The summed E-state index contributed by atoms with van der Waals surface area (Å²) in [5.41, 5.74) is 4.66. The highest BCUT2D eigenvalue weighted by molar-refractivity contribution is 9.10. The molecule has 0 amide bonds. The molecule has 1 aliphatic heterocycles. The summed E-state index contributed by atoms with van der Waals surface area (Å²) in [5.74, 6) is -5.94. The normalized spacial score (nSPS) is 20.8. The fraction of sp³-hybridized carbons (Fsp3) is 0.217. The van der Waals surface area contributed by atoms with Crippen molar-refractivity contribution in [1.82, 2.24) is 9.55 Å².